The Hall–Kier alpha value is -1.26. The molecule has 0 aliphatic carbocycles. The van der Waals surface area contributed by atoms with Gasteiger partial charge in [-0.2, -0.15) is 0 Å². The molecule has 1 aliphatic heterocycles. The van der Waals surface area contributed by atoms with E-state index in [-0.39, 0.29) is 5.41 Å². The van der Waals surface area contributed by atoms with E-state index in [9.17, 15) is 4.79 Å². The fourth-order valence-electron chi connectivity index (χ4n) is 2.64. The Bertz CT molecular complexity index is 502. The third-order valence-electron chi connectivity index (χ3n) is 4.08. The number of benzene rings is 1. The number of amides is 1. The quantitative estimate of drug-likeness (QED) is 0.800. The molecule has 110 valence electrons. The molecule has 1 fully saturated rings. The van der Waals surface area contributed by atoms with Gasteiger partial charge >= 0.3 is 0 Å². The van der Waals surface area contributed by atoms with Gasteiger partial charge in [-0.25, -0.2) is 0 Å². The van der Waals surface area contributed by atoms with Crippen molar-refractivity contribution in [2.45, 2.75) is 32.7 Å². The molecule has 0 bridgehead atoms. The Labute approximate surface area is 125 Å². The van der Waals surface area contributed by atoms with Crippen molar-refractivity contribution < 1.29 is 4.79 Å². The maximum atomic E-state index is 11.1. The maximum absolute atomic E-state index is 11.1. The van der Waals surface area contributed by atoms with Crippen LogP contribution in [0.2, 0.25) is 5.02 Å². The summed E-state index contributed by atoms with van der Waals surface area (Å²) in [5.41, 5.74) is 6.76. The van der Waals surface area contributed by atoms with Crippen molar-refractivity contribution in [3.63, 3.8) is 0 Å². The lowest BCUT2D eigenvalue weighted by molar-refractivity contribution is 0.100. The molecule has 1 unspecified atom stereocenters. The molecule has 1 saturated heterocycles. The summed E-state index contributed by atoms with van der Waals surface area (Å²) in [6.07, 6.45) is 2.44. The number of primary amides is 1. The standard InChI is InChI=1S/C15H22ClN3O/c1-15(2)6-3-7-18-13(15)9-19-12-5-4-10(14(17)20)8-11(12)16/h4-5,8,13,18-19H,3,6-7,9H2,1-2H3,(H2,17,20). The van der Waals surface area contributed by atoms with Crippen molar-refractivity contribution in [1.82, 2.24) is 5.32 Å². The Kier molecular flexibility index (Phi) is 4.55. The SMILES string of the molecule is CC1(C)CCCNC1CNc1ccc(C(N)=O)cc1Cl. The first-order valence-corrected chi connectivity index (χ1v) is 7.34. The minimum atomic E-state index is -0.464. The predicted molar refractivity (Wildman–Crippen MR) is 83.3 cm³/mol. The molecule has 0 saturated carbocycles. The van der Waals surface area contributed by atoms with Crippen LogP contribution in [0.15, 0.2) is 18.2 Å². The number of nitrogens with one attached hydrogen (secondary N) is 2. The molecule has 0 radical (unpaired) electrons. The van der Waals surface area contributed by atoms with Crippen molar-refractivity contribution in [3.8, 4) is 0 Å². The molecular weight excluding hydrogens is 274 g/mol. The summed E-state index contributed by atoms with van der Waals surface area (Å²) in [5, 5.41) is 7.43. The van der Waals surface area contributed by atoms with Gasteiger partial charge in [0.15, 0.2) is 0 Å². The third kappa shape index (κ3) is 3.44. The molecule has 4 nitrogen and oxygen atoms in total. The first-order chi connectivity index (χ1) is 9.40. The number of piperidine rings is 1. The van der Waals surface area contributed by atoms with Crippen LogP contribution < -0.4 is 16.4 Å². The highest BCUT2D eigenvalue weighted by Crippen LogP contribution is 2.31. The molecular formula is C15H22ClN3O. The van der Waals surface area contributed by atoms with Crippen LogP contribution in [0.1, 0.15) is 37.0 Å². The van der Waals surface area contributed by atoms with Crippen LogP contribution in [-0.4, -0.2) is 25.0 Å². The number of carbonyl (C=O) groups is 1. The second-order valence-corrected chi connectivity index (χ2v) is 6.45. The molecule has 1 heterocycles. The molecule has 2 rings (SSSR count). The second kappa shape index (κ2) is 6.02. The van der Waals surface area contributed by atoms with Gasteiger partial charge in [0.05, 0.1) is 10.7 Å². The zero-order valence-electron chi connectivity index (χ0n) is 12.0. The number of nitrogens with two attached hydrogens (primary N) is 1. The highest BCUT2D eigenvalue weighted by Gasteiger charge is 2.31. The van der Waals surface area contributed by atoms with Gasteiger partial charge in [-0.15, -0.1) is 0 Å². The van der Waals surface area contributed by atoms with E-state index in [1.165, 1.54) is 12.8 Å². The van der Waals surface area contributed by atoms with Crippen molar-refractivity contribution in [1.29, 1.82) is 0 Å². The second-order valence-electron chi connectivity index (χ2n) is 6.04. The van der Waals surface area contributed by atoms with Gasteiger partial charge in [0.2, 0.25) is 5.91 Å². The minimum Gasteiger partial charge on any atom is -0.382 e. The third-order valence-corrected chi connectivity index (χ3v) is 4.39. The van der Waals surface area contributed by atoms with E-state index >= 15 is 0 Å². The van der Waals surface area contributed by atoms with Gasteiger partial charge < -0.3 is 16.4 Å². The minimum absolute atomic E-state index is 0.269. The number of anilines is 1. The van der Waals surface area contributed by atoms with E-state index in [4.69, 9.17) is 17.3 Å². The predicted octanol–water partition coefficient (Wildman–Crippen LogP) is 2.63. The number of halogens is 1. The summed E-state index contributed by atoms with van der Waals surface area (Å²) in [4.78, 5) is 11.1. The van der Waals surface area contributed by atoms with Crippen LogP contribution in [0, 0.1) is 5.41 Å². The summed E-state index contributed by atoms with van der Waals surface area (Å²) < 4.78 is 0. The molecule has 1 aromatic carbocycles. The molecule has 1 atom stereocenters. The van der Waals surface area contributed by atoms with Gasteiger partial charge in [-0.1, -0.05) is 25.4 Å². The molecule has 5 heteroatoms. The lowest BCUT2D eigenvalue weighted by Crippen LogP contribution is -2.50. The van der Waals surface area contributed by atoms with Crippen LogP contribution in [0.3, 0.4) is 0 Å². The normalized spacial score (nSPS) is 21.4. The van der Waals surface area contributed by atoms with Gasteiger partial charge in [-0.05, 0) is 43.0 Å². The number of hydrogen-bond acceptors (Lipinski definition) is 3. The average Bonchev–Trinajstić information content (AvgIpc) is 2.38. The first kappa shape index (κ1) is 15.1. The Morgan fingerprint density at radius 1 is 1.55 bits per heavy atom. The number of carbonyl (C=O) groups excluding carboxylic acids is 1. The number of rotatable bonds is 4. The van der Waals surface area contributed by atoms with Crippen LogP contribution in [0.4, 0.5) is 5.69 Å². The summed E-state index contributed by atoms with van der Waals surface area (Å²) >= 11 is 6.17. The maximum Gasteiger partial charge on any atom is 0.248 e. The summed E-state index contributed by atoms with van der Waals surface area (Å²) in [6, 6.07) is 5.50. The highest BCUT2D eigenvalue weighted by molar-refractivity contribution is 6.33. The van der Waals surface area contributed by atoms with E-state index < -0.39 is 5.91 Å². The van der Waals surface area contributed by atoms with Crippen molar-refractivity contribution in [2.75, 3.05) is 18.4 Å². The highest BCUT2D eigenvalue weighted by atomic mass is 35.5. The average molecular weight is 296 g/mol. The van der Waals surface area contributed by atoms with Gasteiger partial charge in [0.1, 0.15) is 0 Å². The number of hydrogen-bond donors (Lipinski definition) is 3. The summed E-state index contributed by atoms with van der Waals surface area (Å²) in [7, 11) is 0. The Balaban J connectivity index is 2.02. The molecule has 0 spiro atoms. The van der Waals surface area contributed by atoms with Crippen LogP contribution in [0.5, 0.6) is 0 Å². The summed E-state index contributed by atoms with van der Waals surface area (Å²) in [5.74, 6) is -0.464. The van der Waals surface area contributed by atoms with E-state index in [1.807, 2.05) is 0 Å². The lowest BCUT2D eigenvalue weighted by atomic mass is 9.77. The molecule has 1 amide bonds. The lowest BCUT2D eigenvalue weighted by Gasteiger charge is -2.39. The topological polar surface area (TPSA) is 67.2 Å². The van der Waals surface area contributed by atoms with Crippen LogP contribution >= 0.6 is 11.6 Å². The van der Waals surface area contributed by atoms with E-state index in [1.54, 1.807) is 18.2 Å². The van der Waals surface area contributed by atoms with E-state index in [2.05, 4.69) is 24.5 Å². The molecule has 1 aromatic rings. The first-order valence-electron chi connectivity index (χ1n) is 6.97. The Morgan fingerprint density at radius 3 is 2.90 bits per heavy atom. The molecule has 1 aliphatic rings. The smallest absolute Gasteiger partial charge is 0.248 e. The van der Waals surface area contributed by atoms with E-state index in [0.717, 1.165) is 18.8 Å². The van der Waals surface area contributed by atoms with Gasteiger partial charge in [0.25, 0.3) is 0 Å². The molecule has 4 N–H and O–H groups in total. The van der Waals surface area contributed by atoms with Crippen molar-refractivity contribution in [2.24, 2.45) is 11.1 Å². The largest absolute Gasteiger partial charge is 0.382 e. The van der Waals surface area contributed by atoms with Gasteiger partial charge in [-0.3, -0.25) is 4.79 Å². The molecule has 20 heavy (non-hydrogen) atoms. The Morgan fingerprint density at radius 2 is 2.30 bits per heavy atom. The fraction of sp³-hybridized carbons (Fsp3) is 0.533. The molecule has 0 aromatic heterocycles. The van der Waals surface area contributed by atoms with E-state index in [0.29, 0.717) is 16.6 Å². The zero-order valence-corrected chi connectivity index (χ0v) is 12.8. The van der Waals surface area contributed by atoms with Gasteiger partial charge in [0, 0.05) is 18.2 Å². The fourth-order valence-corrected chi connectivity index (χ4v) is 2.89. The van der Waals surface area contributed by atoms with Crippen LogP contribution in [-0.2, 0) is 0 Å². The monoisotopic (exact) mass is 295 g/mol. The summed E-state index contributed by atoms with van der Waals surface area (Å²) in [6.45, 7) is 6.43. The van der Waals surface area contributed by atoms with Crippen molar-refractivity contribution in [3.05, 3.63) is 28.8 Å². The van der Waals surface area contributed by atoms with Crippen LogP contribution in [0.25, 0.3) is 0 Å². The zero-order chi connectivity index (χ0) is 14.8. The van der Waals surface area contributed by atoms with Crippen molar-refractivity contribution >= 4 is 23.2 Å².